The Labute approximate surface area is 129 Å². The maximum Gasteiger partial charge on any atom is 0.239 e. The van der Waals surface area contributed by atoms with E-state index < -0.39 is 0 Å². The lowest BCUT2D eigenvalue weighted by atomic mass is 10.2. The van der Waals surface area contributed by atoms with E-state index in [1.165, 1.54) is 5.69 Å². The van der Waals surface area contributed by atoms with Crippen LogP contribution in [0.25, 0.3) is 0 Å². The van der Waals surface area contributed by atoms with Gasteiger partial charge in [-0.2, -0.15) is 5.10 Å². The Balaban J connectivity index is 1.54. The SMILES string of the molecule is Cc1cc(C)n([C@@H]2CCN(CC(=O)Nc3cc(C)on3)C2)n1. The van der Waals surface area contributed by atoms with Crippen molar-refractivity contribution >= 4 is 11.7 Å². The van der Waals surface area contributed by atoms with Crippen molar-refractivity contribution in [3.05, 3.63) is 29.3 Å². The van der Waals surface area contributed by atoms with E-state index in [4.69, 9.17) is 4.52 Å². The minimum Gasteiger partial charge on any atom is -0.360 e. The lowest BCUT2D eigenvalue weighted by molar-refractivity contribution is -0.117. The fourth-order valence-electron chi connectivity index (χ4n) is 2.98. The molecule has 0 radical (unpaired) electrons. The van der Waals surface area contributed by atoms with Gasteiger partial charge in [0.1, 0.15) is 5.76 Å². The van der Waals surface area contributed by atoms with Crippen molar-refractivity contribution in [2.24, 2.45) is 0 Å². The van der Waals surface area contributed by atoms with Gasteiger partial charge in [0.2, 0.25) is 5.91 Å². The lowest BCUT2D eigenvalue weighted by Gasteiger charge is -2.16. The number of anilines is 1. The van der Waals surface area contributed by atoms with E-state index in [0.717, 1.165) is 25.2 Å². The Morgan fingerprint density at radius 2 is 2.23 bits per heavy atom. The minimum absolute atomic E-state index is 0.0673. The average molecular weight is 303 g/mol. The summed E-state index contributed by atoms with van der Waals surface area (Å²) in [5.74, 6) is 1.08. The second-order valence-corrected chi connectivity index (χ2v) is 5.92. The van der Waals surface area contributed by atoms with Gasteiger partial charge in [-0.15, -0.1) is 0 Å². The number of nitrogens with zero attached hydrogens (tertiary/aromatic N) is 4. The maximum atomic E-state index is 12.0. The highest BCUT2D eigenvalue weighted by molar-refractivity contribution is 5.91. The molecule has 1 aliphatic rings. The molecule has 2 aromatic rings. The van der Waals surface area contributed by atoms with Gasteiger partial charge in [-0.25, -0.2) is 0 Å². The smallest absolute Gasteiger partial charge is 0.239 e. The van der Waals surface area contributed by atoms with Crippen molar-refractivity contribution in [2.75, 3.05) is 25.0 Å². The van der Waals surface area contributed by atoms with Crippen LogP contribution >= 0.6 is 0 Å². The Morgan fingerprint density at radius 3 is 2.86 bits per heavy atom. The summed E-state index contributed by atoms with van der Waals surface area (Å²) in [6.45, 7) is 7.97. The van der Waals surface area contributed by atoms with Crippen LogP contribution in [0, 0.1) is 20.8 Å². The summed E-state index contributed by atoms with van der Waals surface area (Å²) in [7, 11) is 0. The molecule has 7 nitrogen and oxygen atoms in total. The van der Waals surface area contributed by atoms with Gasteiger partial charge < -0.3 is 9.84 Å². The van der Waals surface area contributed by atoms with Crippen LogP contribution in [0.5, 0.6) is 0 Å². The molecule has 1 atom stereocenters. The van der Waals surface area contributed by atoms with Gasteiger partial charge >= 0.3 is 0 Å². The van der Waals surface area contributed by atoms with E-state index >= 15 is 0 Å². The molecule has 0 unspecified atom stereocenters. The van der Waals surface area contributed by atoms with Crippen molar-refractivity contribution in [3.63, 3.8) is 0 Å². The molecule has 22 heavy (non-hydrogen) atoms. The quantitative estimate of drug-likeness (QED) is 0.930. The monoisotopic (exact) mass is 303 g/mol. The summed E-state index contributed by atoms with van der Waals surface area (Å²) in [4.78, 5) is 14.2. The highest BCUT2D eigenvalue weighted by Crippen LogP contribution is 2.22. The summed E-state index contributed by atoms with van der Waals surface area (Å²) < 4.78 is 7.01. The van der Waals surface area contributed by atoms with Crippen LogP contribution < -0.4 is 5.32 Å². The molecule has 3 rings (SSSR count). The standard InChI is InChI=1S/C15H21N5O2/c1-10-6-11(2)20(17-10)13-4-5-19(8-13)9-15(21)16-14-7-12(3)22-18-14/h6-7,13H,4-5,8-9H2,1-3H3,(H,16,18,21)/t13-/m1/s1. The highest BCUT2D eigenvalue weighted by Gasteiger charge is 2.26. The molecule has 1 saturated heterocycles. The number of amides is 1. The van der Waals surface area contributed by atoms with Crippen LogP contribution in [0.1, 0.15) is 29.6 Å². The summed E-state index contributed by atoms with van der Waals surface area (Å²) >= 11 is 0. The molecule has 118 valence electrons. The third kappa shape index (κ3) is 3.19. The van der Waals surface area contributed by atoms with Gasteiger partial charge in [-0.1, -0.05) is 5.16 Å². The number of nitrogens with one attached hydrogen (secondary N) is 1. The van der Waals surface area contributed by atoms with Crippen molar-refractivity contribution in [2.45, 2.75) is 33.2 Å². The predicted molar refractivity (Wildman–Crippen MR) is 81.7 cm³/mol. The Morgan fingerprint density at radius 1 is 1.41 bits per heavy atom. The molecule has 1 N–H and O–H groups in total. The molecule has 0 bridgehead atoms. The number of aryl methyl sites for hydroxylation is 3. The number of hydrogen-bond acceptors (Lipinski definition) is 5. The molecule has 1 amide bonds. The molecule has 3 heterocycles. The van der Waals surface area contributed by atoms with Crippen LogP contribution in [0.3, 0.4) is 0 Å². The second kappa shape index (κ2) is 5.92. The fraction of sp³-hybridized carbons (Fsp3) is 0.533. The maximum absolute atomic E-state index is 12.0. The molecule has 0 aromatic carbocycles. The third-order valence-electron chi connectivity index (χ3n) is 3.90. The molecule has 2 aromatic heterocycles. The normalized spacial score (nSPS) is 18.8. The second-order valence-electron chi connectivity index (χ2n) is 5.92. The van der Waals surface area contributed by atoms with Crippen LogP contribution in [0.15, 0.2) is 16.7 Å². The molecule has 0 spiro atoms. The topological polar surface area (TPSA) is 76.2 Å². The van der Waals surface area contributed by atoms with E-state index in [-0.39, 0.29) is 5.91 Å². The van der Waals surface area contributed by atoms with Gasteiger partial charge in [0, 0.05) is 24.8 Å². The zero-order chi connectivity index (χ0) is 15.7. The third-order valence-corrected chi connectivity index (χ3v) is 3.90. The van der Waals surface area contributed by atoms with Crippen molar-refractivity contribution in [1.29, 1.82) is 0 Å². The summed E-state index contributed by atoms with van der Waals surface area (Å²) in [5, 5.41) is 11.1. The van der Waals surface area contributed by atoms with Crippen molar-refractivity contribution in [3.8, 4) is 0 Å². The van der Waals surface area contributed by atoms with E-state index in [0.29, 0.717) is 24.2 Å². The van der Waals surface area contributed by atoms with Crippen molar-refractivity contribution < 1.29 is 9.32 Å². The van der Waals surface area contributed by atoms with Gasteiger partial charge in [0.15, 0.2) is 5.82 Å². The highest BCUT2D eigenvalue weighted by atomic mass is 16.5. The first-order valence-electron chi connectivity index (χ1n) is 7.49. The predicted octanol–water partition coefficient (Wildman–Crippen LogP) is 1.68. The van der Waals surface area contributed by atoms with Gasteiger partial charge in [0.25, 0.3) is 0 Å². The fourth-order valence-corrected chi connectivity index (χ4v) is 2.98. The zero-order valence-corrected chi connectivity index (χ0v) is 13.2. The number of hydrogen-bond donors (Lipinski definition) is 1. The number of aromatic nitrogens is 3. The van der Waals surface area contributed by atoms with Gasteiger partial charge in [0.05, 0.1) is 18.3 Å². The largest absolute Gasteiger partial charge is 0.360 e. The van der Waals surface area contributed by atoms with Crippen LogP contribution in [0.4, 0.5) is 5.82 Å². The summed E-state index contributed by atoms with van der Waals surface area (Å²) in [6, 6.07) is 4.14. The van der Waals surface area contributed by atoms with Crippen LogP contribution in [-0.2, 0) is 4.79 Å². The van der Waals surface area contributed by atoms with Gasteiger partial charge in [-0.05, 0) is 33.3 Å². The number of likely N-dealkylation sites (tertiary alicyclic amines) is 1. The lowest BCUT2D eigenvalue weighted by Crippen LogP contribution is -2.32. The van der Waals surface area contributed by atoms with E-state index in [9.17, 15) is 4.79 Å². The molecule has 7 heteroatoms. The van der Waals surface area contributed by atoms with E-state index in [2.05, 4.69) is 38.1 Å². The number of rotatable bonds is 4. The van der Waals surface area contributed by atoms with Crippen molar-refractivity contribution in [1.82, 2.24) is 19.8 Å². The number of carbonyl (C=O) groups excluding carboxylic acids is 1. The Kier molecular flexibility index (Phi) is 3.98. The zero-order valence-electron chi connectivity index (χ0n) is 13.2. The van der Waals surface area contributed by atoms with E-state index in [1.807, 2.05) is 6.92 Å². The first kappa shape index (κ1) is 14.8. The molecule has 0 saturated carbocycles. The summed E-state index contributed by atoms with van der Waals surface area (Å²) in [5.41, 5.74) is 2.21. The minimum atomic E-state index is -0.0673. The molecular weight excluding hydrogens is 282 g/mol. The van der Waals surface area contributed by atoms with Crippen LogP contribution in [0.2, 0.25) is 0 Å². The first-order chi connectivity index (χ1) is 10.5. The number of carbonyl (C=O) groups is 1. The Hall–Kier alpha value is -2.15. The molecular formula is C15H21N5O2. The Bertz CT molecular complexity index is 675. The average Bonchev–Trinajstić information content (AvgIpc) is 3.12. The molecule has 1 aliphatic heterocycles. The van der Waals surface area contributed by atoms with Gasteiger partial charge in [-0.3, -0.25) is 14.4 Å². The molecule has 0 aliphatic carbocycles. The first-order valence-corrected chi connectivity index (χ1v) is 7.49. The van der Waals surface area contributed by atoms with Crippen LogP contribution in [-0.4, -0.2) is 45.4 Å². The van der Waals surface area contributed by atoms with E-state index in [1.54, 1.807) is 13.0 Å². The summed E-state index contributed by atoms with van der Waals surface area (Å²) in [6.07, 6.45) is 1.01. The molecule has 1 fully saturated rings.